The van der Waals surface area contributed by atoms with Crippen LogP contribution in [0.3, 0.4) is 0 Å². The number of nitrogens with zero attached hydrogens (tertiary/aromatic N) is 1. The van der Waals surface area contributed by atoms with E-state index in [9.17, 15) is 13.2 Å². The highest BCUT2D eigenvalue weighted by atomic mass is 79.9. The van der Waals surface area contributed by atoms with Gasteiger partial charge < -0.3 is 10.5 Å². The van der Waals surface area contributed by atoms with Crippen molar-refractivity contribution in [1.82, 2.24) is 4.98 Å². The maximum atomic E-state index is 11.8. The van der Waals surface area contributed by atoms with E-state index in [-0.39, 0.29) is 10.2 Å². The van der Waals surface area contributed by atoms with E-state index in [1.54, 1.807) is 0 Å². The van der Waals surface area contributed by atoms with E-state index < -0.39 is 12.2 Å². The molecule has 1 rings (SSSR count). The lowest BCUT2D eigenvalue weighted by Gasteiger charge is -2.10. The van der Waals surface area contributed by atoms with Crippen molar-refractivity contribution in [2.24, 2.45) is 0 Å². The van der Waals surface area contributed by atoms with Gasteiger partial charge in [-0.05, 0) is 31.9 Å². The average Bonchev–Trinajstić information content (AvgIpc) is 2.04. The SMILES string of the molecule is Nc1c(Br)cnc(OC(F)(F)F)c1Br. The van der Waals surface area contributed by atoms with Crippen molar-refractivity contribution in [1.29, 1.82) is 0 Å². The Morgan fingerprint density at radius 1 is 1.36 bits per heavy atom. The third kappa shape index (κ3) is 2.74. The fraction of sp³-hybridized carbons (Fsp3) is 0.167. The van der Waals surface area contributed by atoms with Crippen LogP contribution in [0.2, 0.25) is 0 Å². The van der Waals surface area contributed by atoms with Crippen LogP contribution in [0.15, 0.2) is 15.1 Å². The van der Waals surface area contributed by atoms with E-state index in [0.717, 1.165) is 6.20 Å². The second kappa shape index (κ2) is 3.93. The number of nitrogen functional groups attached to an aromatic ring is 1. The number of anilines is 1. The van der Waals surface area contributed by atoms with Crippen LogP contribution in [-0.2, 0) is 0 Å². The molecule has 0 bridgehead atoms. The van der Waals surface area contributed by atoms with Gasteiger partial charge in [0.25, 0.3) is 0 Å². The summed E-state index contributed by atoms with van der Waals surface area (Å²) in [4.78, 5) is 3.41. The first-order valence-corrected chi connectivity index (χ1v) is 4.75. The van der Waals surface area contributed by atoms with Gasteiger partial charge in [0.05, 0.1) is 10.2 Å². The summed E-state index contributed by atoms with van der Waals surface area (Å²) in [6.07, 6.45) is -3.66. The molecule has 1 aromatic rings. The fourth-order valence-corrected chi connectivity index (χ4v) is 1.61. The zero-order chi connectivity index (χ0) is 10.9. The summed E-state index contributed by atoms with van der Waals surface area (Å²) in [5.74, 6) is -0.613. The molecule has 0 radical (unpaired) electrons. The Labute approximate surface area is 93.7 Å². The molecule has 1 aromatic heterocycles. The van der Waals surface area contributed by atoms with Crippen molar-refractivity contribution in [3.8, 4) is 5.88 Å². The van der Waals surface area contributed by atoms with E-state index in [2.05, 4.69) is 41.6 Å². The van der Waals surface area contributed by atoms with Crippen LogP contribution in [0.25, 0.3) is 0 Å². The zero-order valence-corrected chi connectivity index (χ0v) is 9.57. The maximum absolute atomic E-state index is 11.8. The number of hydrogen-bond donors (Lipinski definition) is 1. The molecule has 0 spiro atoms. The Hall–Kier alpha value is -0.500. The van der Waals surface area contributed by atoms with E-state index in [1.807, 2.05) is 0 Å². The lowest BCUT2D eigenvalue weighted by molar-refractivity contribution is -0.276. The molecule has 0 aliphatic carbocycles. The Balaban J connectivity index is 3.06. The molecule has 0 aromatic carbocycles. The lowest BCUT2D eigenvalue weighted by atomic mass is 10.4. The van der Waals surface area contributed by atoms with Gasteiger partial charge in [-0.25, -0.2) is 4.98 Å². The van der Waals surface area contributed by atoms with Gasteiger partial charge in [0, 0.05) is 6.20 Å². The monoisotopic (exact) mass is 334 g/mol. The molecule has 14 heavy (non-hydrogen) atoms. The minimum absolute atomic E-state index is 0.0378. The molecule has 2 N–H and O–H groups in total. The Morgan fingerprint density at radius 2 is 1.93 bits per heavy atom. The minimum atomic E-state index is -4.78. The van der Waals surface area contributed by atoms with Crippen molar-refractivity contribution in [3.05, 3.63) is 15.1 Å². The minimum Gasteiger partial charge on any atom is -0.397 e. The topological polar surface area (TPSA) is 48.1 Å². The molecule has 0 fully saturated rings. The number of pyridine rings is 1. The predicted octanol–water partition coefficient (Wildman–Crippen LogP) is 3.09. The highest BCUT2D eigenvalue weighted by Crippen LogP contribution is 2.36. The van der Waals surface area contributed by atoms with Gasteiger partial charge in [-0.3, -0.25) is 0 Å². The largest absolute Gasteiger partial charge is 0.574 e. The predicted molar refractivity (Wildman–Crippen MR) is 50.7 cm³/mol. The molecule has 1 heterocycles. The van der Waals surface area contributed by atoms with Crippen molar-refractivity contribution in [2.75, 3.05) is 5.73 Å². The number of halogens is 5. The van der Waals surface area contributed by atoms with Gasteiger partial charge in [0.15, 0.2) is 0 Å². The molecule has 0 unspecified atom stereocenters. The van der Waals surface area contributed by atoms with Gasteiger partial charge in [-0.15, -0.1) is 13.2 Å². The quantitative estimate of drug-likeness (QED) is 0.858. The average molecular weight is 336 g/mol. The van der Waals surface area contributed by atoms with Gasteiger partial charge >= 0.3 is 6.36 Å². The normalized spacial score (nSPS) is 11.5. The summed E-state index contributed by atoms with van der Waals surface area (Å²) in [7, 11) is 0. The van der Waals surface area contributed by atoms with Crippen LogP contribution in [0.5, 0.6) is 5.88 Å². The summed E-state index contributed by atoms with van der Waals surface area (Å²) in [6, 6.07) is 0. The maximum Gasteiger partial charge on any atom is 0.574 e. The zero-order valence-electron chi connectivity index (χ0n) is 6.40. The van der Waals surface area contributed by atoms with Crippen molar-refractivity contribution < 1.29 is 17.9 Å². The van der Waals surface area contributed by atoms with Crippen LogP contribution in [-0.4, -0.2) is 11.3 Å². The van der Waals surface area contributed by atoms with Gasteiger partial charge in [0.1, 0.15) is 4.47 Å². The first-order chi connectivity index (χ1) is 6.31. The Morgan fingerprint density at radius 3 is 2.43 bits per heavy atom. The lowest BCUT2D eigenvalue weighted by Crippen LogP contribution is -2.18. The summed E-state index contributed by atoms with van der Waals surface area (Å²) < 4.78 is 39.4. The summed E-state index contributed by atoms with van der Waals surface area (Å²) in [6.45, 7) is 0. The molecule has 8 heteroatoms. The van der Waals surface area contributed by atoms with E-state index in [1.165, 1.54) is 0 Å². The highest BCUT2D eigenvalue weighted by Gasteiger charge is 2.33. The molecule has 0 aliphatic rings. The van der Waals surface area contributed by atoms with Crippen molar-refractivity contribution in [3.63, 3.8) is 0 Å². The summed E-state index contributed by atoms with van der Waals surface area (Å²) in [5, 5.41) is 0. The molecule has 0 amide bonds. The second-order valence-electron chi connectivity index (χ2n) is 2.19. The van der Waals surface area contributed by atoms with Crippen LogP contribution >= 0.6 is 31.9 Å². The molecule has 78 valence electrons. The third-order valence-electron chi connectivity index (χ3n) is 1.19. The summed E-state index contributed by atoms with van der Waals surface area (Å²) in [5.41, 5.74) is 5.52. The van der Waals surface area contributed by atoms with Gasteiger partial charge in [-0.1, -0.05) is 0 Å². The first-order valence-electron chi connectivity index (χ1n) is 3.16. The first kappa shape index (κ1) is 11.6. The number of alkyl halides is 3. The fourth-order valence-electron chi connectivity index (χ4n) is 0.642. The van der Waals surface area contributed by atoms with Crippen LogP contribution < -0.4 is 10.5 Å². The molecular formula is C6H3Br2F3N2O. The number of aromatic nitrogens is 1. The molecule has 0 atom stereocenters. The number of nitrogens with two attached hydrogens (primary N) is 1. The van der Waals surface area contributed by atoms with Crippen molar-refractivity contribution >= 4 is 37.5 Å². The van der Waals surface area contributed by atoms with Gasteiger partial charge in [0.2, 0.25) is 5.88 Å². The van der Waals surface area contributed by atoms with E-state index >= 15 is 0 Å². The molecule has 3 nitrogen and oxygen atoms in total. The van der Waals surface area contributed by atoms with E-state index in [0.29, 0.717) is 4.47 Å². The Bertz CT molecular complexity index is 356. The highest BCUT2D eigenvalue weighted by molar-refractivity contribution is 9.11. The standard InChI is InChI=1S/C6H3Br2F3N2O/c7-2-1-13-5(3(8)4(2)12)14-6(9,10)11/h1H,(H2,12,13). The summed E-state index contributed by atoms with van der Waals surface area (Å²) >= 11 is 5.85. The molecule has 0 saturated carbocycles. The number of rotatable bonds is 1. The third-order valence-corrected chi connectivity index (χ3v) is 2.59. The van der Waals surface area contributed by atoms with Gasteiger partial charge in [-0.2, -0.15) is 0 Å². The van der Waals surface area contributed by atoms with E-state index in [4.69, 9.17) is 5.73 Å². The molecule has 0 aliphatic heterocycles. The number of hydrogen-bond acceptors (Lipinski definition) is 3. The van der Waals surface area contributed by atoms with Crippen LogP contribution in [0.4, 0.5) is 18.9 Å². The van der Waals surface area contributed by atoms with Crippen LogP contribution in [0.1, 0.15) is 0 Å². The van der Waals surface area contributed by atoms with Crippen LogP contribution in [0, 0.1) is 0 Å². The smallest absolute Gasteiger partial charge is 0.397 e. The molecular weight excluding hydrogens is 333 g/mol. The Kier molecular flexibility index (Phi) is 3.25. The second-order valence-corrected chi connectivity index (χ2v) is 3.83. The van der Waals surface area contributed by atoms with Crippen molar-refractivity contribution in [2.45, 2.75) is 6.36 Å². The molecule has 0 saturated heterocycles. The number of ether oxygens (including phenoxy) is 1.